The zero-order valence-corrected chi connectivity index (χ0v) is 14.3. The van der Waals surface area contributed by atoms with Crippen molar-refractivity contribution in [3.63, 3.8) is 0 Å². The number of hydrogen-bond acceptors (Lipinski definition) is 5. The average molecular weight is 356 g/mol. The minimum atomic E-state index is -0.489. The van der Waals surface area contributed by atoms with Crippen LogP contribution in [0.15, 0.2) is 24.3 Å². The summed E-state index contributed by atoms with van der Waals surface area (Å²) in [4.78, 5) is 34.6. The lowest BCUT2D eigenvalue weighted by Crippen LogP contribution is -2.35. The van der Waals surface area contributed by atoms with Gasteiger partial charge in [0.1, 0.15) is 6.54 Å². The maximum atomic E-state index is 12.0. The molecule has 3 N–H and O–H groups in total. The third kappa shape index (κ3) is 6.17. The lowest BCUT2D eigenvalue weighted by Gasteiger charge is -2.11. The Bertz CT molecular complexity index is 571. The normalized spacial score (nSPS) is 16.0. The van der Waals surface area contributed by atoms with E-state index >= 15 is 0 Å². The Labute approximate surface area is 146 Å². The summed E-state index contributed by atoms with van der Waals surface area (Å²) in [5.41, 5.74) is 1.49. The molecule has 1 heterocycles. The smallest absolute Gasteiger partial charge is 0.325 e. The van der Waals surface area contributed by atoms with Crippen molar-refractivity contribution in [1.82, 2.24) is 10.6 Å². The number of anilines is 1. The van der Waals surface area contributed by atoms with Gasteiger partial charge in [0.15, 0.2) is 0 Å². The Morgan fingerprint density at radius 3 is 2.54 bits per heavy atom. The van der Waals surface area contributed by atoms with Crippen LogP contribution in [0.1, 0.15) is 18.4 Å². The van der Waals surface area contributed by atoms with Crippen molar-refractivity contribution in [2.75, 3.05) is 25.5 Å². The van der Waals surface area contributed by atoms with Crippen LogP contribution < -0.4 is 16.0 Å². The van der Waals surface area contributed by atoms with Crippen molar-refractivity contribution in [3.8, 4) is 0 Å². The van der Waals surface area contributed by atoms with E-state index in [1.807, 2.05) is 0 Å². The lowest BCUT2D eigenvalue weighted by molar-refractivity contribution is -0.141. The van der Waals surface area contributed by atoms with Crippen molar-refractivity contribution in [1.29, 1.82) is 0 Å². The zero-order valence-electron chi connectivity index (χ0n) is 13.5. The minimum Gasteiger partial charge on any atom is -0.468 e. The number of esters is 1. The monoisotopic (exact) mass is 355 g/mol. The highest BCUT2D eigenvalue weighted by atomic mass is 35.5. The van der Waals surface area contributed by atoms with Crippen molar-refractivity contribution < 1.29 is 19.1 Å². The number of methoxy groups -OCH3 is 1. The molecule has 1 saturated heterocycles. The van der Waals surface area contributed by atoms with E-state index in [1.54, 1.807) is 24.3 Å². The van der Waals surface area contributed by atoms with Crippen molar-refractivity contribution in [3.05, 3.63) is 29.8 Å². The standard InChI is InChI=1S/C16H21N3O4.ClH/c1-23-15(21)10-18-14(20)9-11-4-6-12(7-5-11)19-16(22)13-3-2-8-17-13;/h4-7,13,17H,2-3,8-10H2,1H3,(H,18,20)(H,19,22);1H. The number of halogens is 1. The highest BCUT2D eigenvalue weighted by molar-refractivity contribution is 5.95. The second kappa shape index (κ2) is 9.89. The van der Waals surface area contributed by atoms with Crippen molar-refractivity contribution in [2.24, 2.45) is 0 Å². The second-order valence-corrected chi connectivity index (χ2v) is 5.36. The van der Waals surface area contributed by atoms with Gasteiger partial charge >= 0.3 is 5.97 Å². The molecule has 0 bridgehead atoms. The Kier molecular flexibility index (Phi) is 8.21. The van der Waals surface area contributed by atoms with Crippen LogP contribution in [0.4, 0.5) is 5.69 Å². The first-order chi connectivity index (χ1) is 11.1. The minimum absolute atomic E-state index is 0. The van der Waals surface area contributed by atoms with Gasteiger partial charge in [-0.3, -0.25) is 14.4 Å². The van der Waals surface area contributed by atoms with Gasteiger partial charge in [-0.25, -0.2) is 0 Å². The predicted molar refractivity (Wildman–Crippen MR) is 92.1 cm³/mol. The molecule has 1 aliphatic rings. The molecule has 0 spiro atoms. The summed E-state index contributed by atoms with van der Waals surface area (Å²) in [5, 5.41) is 8.46. The number of ether oxygens (including phenoxy) is 1. The topological polar surface area (TPSA) is 96.5 Å². The Hall–Kier alpha value is -2.12. The van der Waals surface area contributed by atoms with Gasteiger partial charge in [-0.1, -0.05) is 12.1 Å². The largest absolute Gasteiger partial charge is 0.468 e. The van der Waals surface area contributed by atoms with Gasteiger partial charge in [0.05, 0.1) is 19.6 Å². The summed E-state index contributed by atoms with van der Waals surface area (Å²) in [7, 11) is 1.27. The van der Waals surface area contributed by atoms with Crippen LogP contribution in [0.25, 0.3) is 0 Å². The van der Waals surface area contributed by atoms with E-state index < -0.39 is 5.97 Å². The molecule has 132 valence electrons. The van der Waals surface area contributed by atoms with Gasteiger partial charge in [-0.2, -0.15) is 0 Å². The number of benzene rings is 1. The first kappa shape index (κ1) is 19.9. The first-order valence-corrected chi connectivity index (χ1v) is 7.55. The molecule has 0 saturated carbocycles. The fraction of sp³-hybridized carbons (Fsp3) is 0.438. The third-order valence-corrected chi connectivity index (χ3v) is 3.62. The number of amides is 2. The van der Waals surface area contributed by atoms with E-state index in [0.717, 1.165) is 24.9 Å². The van der Waals surface area contributed by atoms with E-state index in [9.17, 15) is 14.4 Å². The van der Waals surface area contributed by atoms with E-state index in [4.69, 9.17) is 0 Å². The number of rotatable bonds is 6. The van der Waals surface area contributed by atoms with Crippen molar-refractivity contribution >= 4 is 35.9 Å². The maximum Gasteiger partial charge on any atom is 0.325 e. The van der Waals surface area contributed by atoms with E-state index in [-0.39, 0.29) is 43.2 Å². The van der Waals surface area contributed by atoms with Crippen LogP contribution in [-0.2, 0) is 25.5 Å². The molecule has 1 aromatic carbocycles. The van der Waals surface area contributed by atoms with Crippen LogP contribution in [0.3, 0.4) is 0 Å². The van der Waals surface area contributed by atoms with Gasteiger partial charge in [0.25, 0.3) is 0 Å². The van der Waals surface area contributed by atoms with Crippen molar-refractivity contribution in [2.45, 2.75) is 25.3 Å². The van der Waals surface area contributed by atoms with Crippen LogP contribution in [0.5, 0.6) is 0 Å². The molecular formula is C16H22ClN3O4. The predicted octanol–water partition coefficient (Wildman–Crippen LogP) is 0.631. The van der Waals surface area contributed by atoms with Crippen LogP contribution >= 0.6 is 12.4 Å². The summed E-state index contributed by atoms with van der Waals surface area (Å²) >= 11 is 0. The van der Waals surface area contributed by atoms with Gasteiger partial charge in [-0.15, -0.1) is 12.4 Å². The van der Waals surface area contributed by atoms with E-state index in [2.05, 4.69) is 20.7 Å². The second-order valence-electron chi connectivity index (χ2n) is 5.36. The molecule has 1 unspecified atom stereocenters. The highest BCUT2D eigenvalue weighted by Gasteiger charge is 2.21. The number of carbonyl (C=O) groups is 3. The Morgan fingerprint density at radius 2 is 1.96 bits per heavy atom. The molecule has 1 aliphatic heterocycles. The molecule has 24 heavy (non-hydrogen) atoms. The maximum absolute atomic E-state index is 12.0. The average Bonchev–Trinajstić information content (AvgIpc) is 3.09. The molecule has 1 aromatic rings. The molecule has 0 aliphatic carbocycles. The number of nitrogens with one attached hydrogen (secondary N) is 3. The van der Waals surface area contributed by atoms with Gasteiger partial charge in [0.2, 0.25) is 11.8 Å². The van der Waals surface area contributed by atoms with Gasteiger partial charge in [-0.05, 0) is 37.1 Å². The number of hydrogen-bond donors (Lipinski definition) is 3. The Balaban J connectivity index is 0.00000288. The molecule has 0 aromatic heterocycles. The van der Waals surface area contributed by atoms with Gasteiger partial charge in [0, 0.05) is 5.69 Å². The lowest BCUT2D eigenvalue weighted by atomic mass is 10.1. The molecule has 1 atom stereocenters. The fourth-order valence-corrected chi connectivity index (χ4v) is 2.33. The molecule has 0 radical (unpaired) electrons. The summed E-state index contributed by atoms with van der Waals surface area (Å²) < 4.78 is 4.45. The Morgan fingerprint density at radius 1 is 1.25 bits per heavy atom. The summed E-state index contributed by atoms with van der Waals surface area (Å²) in [6.45, 7) is 0.732. The third-order valence-electron chi connectivity index (χ3n) is 3.62. The molecule has 2 amide bonds. The van der Waals surface area contributed by atoms with Crippen LogP contribution in [0, 0.1) is 0 Å². The zero-order chi connectivity index (χ0) is 16.7. The molecule has 8 heteroatoms. The molecular weight excluding hydrogens is 334 g/mol. The highest BCUT2D eigenvalue weighted by Crippen LogP contribution is 2.13. The van der Waals surface area contributed by atoms with Crippen LogP contribution in [0.2, 0.25) is 0 Å². The van der Waals surface area contributed by atoms with E-state index in [0.29, 0.717) is 5.69 Å². The quantitative estimate of drug-likeness (QED) is 0.650. The molecule has 7 nitrogen and oxygen atoms in total. The summed E-state index contributed by atoms with van der Waals surface area (Å²) in [6.07, 6.45) is 2.03. The van der Waals surface area contributed by atoms with Gasteiger partial charge < -0.3 is 20.7 Å². The fourth-order valence-electron chi connectivity index (χ4n) is 2.33. The van der Waals surface area contributed by atoms with E-state index in [1.165, 1.54) is 7.11 Å². The van der Waals surface area contributed by atoms with Crippen LogP contribution in [-0.4, -0.2) is 44.0 Å². The summed E-state index contributed by atoms with van der Waals surface area (Å²) in [5.74, 6) is -0.787. The SMILES string of the molecule is COC(=O)CNC(=O)Cc1ccc(NC(=O)C2CCCN2)cc1.Cl. The summed E-state index contributed by atoms with van der Waals surface area (Å²) in [6, 6.07) is 6.94. The molecule has 1 fully saturated rings. The number of carbonyl (C=O) groups excluding carboxylic acids is 3. The molecule has 2 rings (SSSR count). The first-order valence-electron chi connectivity index (χ1n) is 7.55.